The van der Waals surface area contributed by atoms with Gasteiger partial charge in [0.05, 0.1) is 12.5 Å². The van der Waals surface area contributed by atoms with Crippen LogP contribution in [0.2, 0.25) is 0 Å². The molecule has 4 heteroatoms. The first-order chi connectivity index (χ1) is 6.13. The Morgan fingerprint density at radius 2 is 2.08 bits per heavy atom. The zero-order chi connectivity index (χ0) is 9.90. The summed E-state index contributed by atoms with van der Waals surface area (Å²) in [5.74, 6) is -0.203. The molecule has 0 amide bonds. The Balaban J connectivity index is 2.79. The number of carbonyl (C=O) groups excluding carboxylic acids is 1. The number of ether oxygens (including phenoxy) is 2. The van der Waals surface area contributed by atoms with Crippen molar-refractivity contribution in [3.63, 3.8) is 0 Å². The third-order valence-electron chi connectivity index (χ3n) is 2.85. The molecule has 1 unspecified atom stereocenters. The first-order valence-electron chi connectivity index (χ1n) is 4.55. The molecule has 1 heterocycles. The molecular weight excluding hydrogens is 170 g/mol. The highest BCUT2D eigenvalue weighted by Gasteiger charge is 2.44. The second-order valence-corrected chi connectivity index (χ2v) is 3.55. The molecule has 0 aromatic heterocycles. The number of hydrogen-bond donors (Lipinski definition) is 1. The van der Waals surface area contributed by atoms with Gasteiger partial charge in [-0.25, -0.2) is 0 Å². The summed E-state index contributed by atoms with van der Waals surface area (Å²) in [5.41, 5.74) is 5.30. The molecule has 76 valence electrons. The van der Waals surface area contributed by atoms with Crippen molar-refractivity contribution in [2.24, 2.45) is 11.1 Å². The number of nitrogens with two attached hydrogens (primary N) is 1. The molecule has 0 aliphatic carbocycles. The van der Waals surface area contributed by atoms with Crippen LogP contribution in [0.5, 0.6) is 0 Å². The van der Waals surface area contributed by atoms with Crippen LogP contribution in [0, 0.1) is 5.41 Å². The predicted molar refractivity (Wildman–Crippen MR) is 48.2 cm³/mol. The minimum Gasteiger partial charge on any atom is -0.469 e. The van der Waals surface area contributed by atoms with E-state index in [0.29, 0.717) is 26.1 Å². The monoisotopic (exact) mass is 187 g/mol. The van der Waals surface area contributed by atoms with Crippen molar-refractivity contribution in [1.82, 2.24) is 0 Å². The average Bonchev–Trinajstić information content (AvgIpc) is 2.17. The van der Waals surface area contributed by atoms with Gasteiger partial charge in [-0.2, -0.15) is 0 Å². The number of methoxy groups -OCH3 is 1. The van der Waals surface area contributed by atoms with Crippen molar-refractivity contribution in [3.8, 4) is 0 Å². The summed E-state index contributed by atoms with van der Waals surface area (Å²) >= 11 is 0. The van der Waals surface area contributed by atoms with Gasteiger partial charge in [-0.3, -0.25) is 4.79 Å². The molecule has 0 bridgehead atoms. The average molecular weight is 187 g/mol. The summed E-state index contributed by atoms with van der Waals surface area (Å²) in [6.07, 6.45) is 1.33. The summed E-state index contributed by atoms with van der Waals surface area (Å²) < 4.78 is 9.99. The lowest BCUT2D eigenvalue weighted by Gasteiger charge is -2.37. The van der Waals surface area contributed by atoms with Crippen LogP contribution in [0.4, 0.5) is 0 Å². The third-order valence-corrected chi connectivity index (χ3v) is 2.85. The first kappa shape index (κ1) is 10.5. The summed E-state index contributed by atoms with van der Waals surface area (Å²) in [7, 11) is 1.40. The van der Waals surface area contributed by atoms with E-state index in [1.54, 1.807) is 0 Å². The summed E-state index contributed by atoms with van der Waals surface area (Å²) in [6.45, 7) is 3.04. The van der Waals surface area contributed by atoms with Gasteiger partial charge in [-0.1, -0.05) is 0 Å². The number of esters is 1. The molecule has 1 atom stereocenters. The fraction of sp³-hybridized carbons (Fsp3) is 0.889. The lowest BCUT2D eigenvalue weighted by atomic mass is 9.75. The quantitative estimate of drug-likeness (QED) is 0.632. The van der Waals surface area contributed by atoms with Gasteiger partial charge in [0, 0.05) is 19.3 Å². The Morgan fingerprint density at radius 1 is 1.54 bits per heavy atom. The predicted octanol–water partition coefficient (Wildman–Crippen LogP) is 0.303. The molecule has 0 saturated carbocycles. The second-order valence-electron chi connectivity index (χ2n) is 3.55. The van der Waals surface area contributed by atoms with Crippen LogP contribution < -0.4 is 5.73 Å². The van der Waals surface area contributed by atoms with Gasteiger partial charge < -0.3 is 15.2 Å². The molecule has 1 aliphatic rings. The van der Waals surface area contributed by atoms with E-state index >= 15 is 0 Å². The zero-order valence-electron chi connectivity index (χ0n) is 8.21. The molecule has 1 rings (SSSR count). The van der Waals surface area contributed by atoms with Gasteiger partial charge >= 0.3 is 5.97 Å². The highest BCUT2D eigenvalue weighted by molar-refractivity contribution is 5.77. The van der Waals surface area contributed by atoms with Crippen molar-refractivity contribution < 1.29 is 14.3 Å². The van der Waals surface area contributed by atoms with E-state index in [1.807, 2.05) is 6.92 Å². The molecule has 13 heavy (non-hydrogen) atoms. The molecule has 2 N–H and O–H groups in total. The Bertz CT molecular complexity index is 185. The van der Waals surface area contributed by atoms with Crippen molar-refractivity contribution in [1.29, 1.82) is 0 Å². The molecule has 0 aromatic rings. The van der Waals surface area contributed by atoms with Gasteiger partial charge in [0.1, 0.15) is 0 Å². The van der Waals surface area contributed by atoms with Gasteiger partial charge in [0.15, 0.2) is 0 Å². The standard InChI is InChI=1S/C9H17NO3/c1-7(10)9(8(11)12-2)3-5-13-6-4-9/h7H,3-6,10H2,1-2H3. The maximum atomic E-state index is 11.6. The molecule has 1 saturated heterocycles. The summed E-state index contributed by atoms with van der Waals surface area (Å²) in [6, 6.07) is -0.177. The van der Waals surface area contributed by atoms with Crippen LogP contribution in [0.25, 0.3) is 0 Å². The van der Waals surface area contributed by atoms with E-state index in [0.717, 1.165) is 0 Å². The third kappa shape index (κ3) is 1.84. The van der Waals surface area contributed by atoms with Crippen molar-refractivity contribution in [2.45, 2.75) is 25.8 Å². The lowest BCUT2D eigenvalue weighted by molar-refractivity contribution is -0.160. The van der Waals surface area contributed by atoms with E-state index in [4.69, 9.17) is 15.2 Å². The van der Waals surface area contributed by atoms with Gasteiger partial charge in [-0.05, 0) is 19.8 Å². The van der Waals surface area contributed by atoms with E-state index < -0.39 is 5.41 Å². The Hall–Kier alpha value is -0.610. The SMILES string of the molecule is COC(=O)C1(C(C)N)CCOCC1. The topological polar surface area (TPSA) is 61.5 Å². The molecular formula is C9H17NO3. The van der Waals surface area contributed by atoms with E-state index in [9.17, 15) is 4.79 Å². The van der Waals surface area contributed by atoms with E-state index in [2.05, 4.69) is 0 Å². The summed E-state index contributed by atoms with van der Waals surface area (Å²) in [4.78, 5) is 11.6. The van der Waals surface area contributed by atoms with Crippen LogP contribution >= 0.6 is 0 Å². The zero-order valence-corrected chi connectivity index (χ0v) is 8.21. The minimum atomic E-state index is -0.521. The molecule has 4 nitrogen and oxygen atoms in total. The van der Waals surface area contributed by atoms with Crippen molar-refractivity contribution in [2.75, 3.05) is 20.3 Å². The largest absolute Gasteiger partial charge is 0.469 e. The van der Waals surface area contributed by atoms with Crippen LogP contribution in [0.15, 0.2) is 0 Å². The first-order valence-corrected chi connectivity index (χ1v) is 4.55. The Kier molecular flexibility index (Phi) is 3.27. The summed E-state index contributed by atoms with van der Waals surface area (Å²) in [5, 5.41) is 0. The van der Waals surface area contributed by atoms with E-state index in [1.165, 1.54) is 7.11 Å². The highest BCUT2D eigenvalue weighted by atomic mass is 16.5. The van der Waals surface area contributed by atoms with Crippen LogP contribution in [0.3, 0.4) is 0 Å². The highest BCUT2D eigenvalue weighted by Crippen LogP contribution is 2.34. The molecule has 0 spiro atoms. The second kappa shape index (κ2) is 4.07. The van der Waals surface area contributed by atoms with E-state index in [-0.39, 0.29) is 12.0 Å². The minimum absolute atomic E-state index is 0.177. The maximum absolute atomic E-state index is 11.6. The number of rotatable bonds is 2. The van der Waals surface area contributed by atoms with Crippen LogP contribution in [-0.2, 0) is 14.3 Å². The smallest absolute Gasteiger partial charge is 0.313 e. The molecule has 1 fully saturated rings. The Labute approximate surface area is 78.4 Å². The van der Waals surface area contributed by atoms with Crippen LogP contribution in [0.1, 0.15) is 19.8 Å². The number of hydrogen-bond acceptors (Lipinski definition) is 4. The van der Waals surface area contributed by atoms with Gasteiger partial charge in [0.25, 0.3) is 0 Å². The fourth-order valence-electron chi connectivity index (χ4n) is 1.78. The number of carbonyl (C=O) groups is 1. The maximum Gasteiger partial charge on any atom is 0.313 e. The van der Waals surface area contributed by atoms with Gasteiger partial charge in [0.2, 0.25) is 0 Å². The molecule has 0 radical (unpaired) electrons. The molecule has 0 aromatic carbocycles. The van der Waals surface area contributed by atoms with Crippen LogP contribution in [-0.4, -0.2) is 32.3 Å². The fourth-order valence-corrected chi connectivity index (χ4v) is 1.78. The normalized spacial score (nSPS) is 23.6. The van der Waals surface area contributed by atoms with Crippen molar-refractivity contribution in [3.05, 3.63) is 0 Å². The van der Waals surface area contributed by atoms with Gasteiger partial charge in [-0.15, -0.1) is 0 Å². The molecule has 1 aliphatic heterocycles. The Morgan fingerprint density at radius 3 is 2.46 bits per heavy atom. The van der Waals surface area contributed by atoms with Crippen molar-refractivity contribution >= 4 is 5.97 Å². The lowest BCUT2D eigenvalue weighted by Crippen LogP contribution is -2.49.